The van der Waals surface area contributed by atoms with E-state index < -0.39 is 16.7 Å². The van der Waals surface area contributed by atoms with Gasteiger partial charge in [0.1, 0.15) is 12.4 Å². The zero-order valence-electron chi connectivity index (χ0n) is 12.2. The number of imidazole rings is 1. The average molecular weight is 320 g/mol. The molecule has 122 valence electrons. The molecule has 0 saturated heterocycles. The molecule has 0 aromatic carbocycles. The van der Waals surface area contributed by atoms with Crippen molar-refractivity contribution in [1.82, 2.24) is 24.8 Å². The highest BCUT2D eigenvalue weighted by atomic mass is 16.6. The molecule has 10 heteroatoms. The Hall–Kier alpha value is -3.17. The van der Waals surface area contributed by atoms with E-state index in [1.54, 1.807) is 0 Å². The zero-order valence-corrected chi connectivity index (χ0v) is 12.2. The lowest BCUT2D eigenvalue weighted by Gasteiger charge is -2.07. The van der Waals surface area contributed by atoms with E-state index in [1.807, 2.05) is 29.1 Å². The van der Waals surface area contributed by atoms with E-state index >= 15 is 0 Å². The van der Waals surface area contributed by atoms with Crippen LogP contribution in [0.4, 0.5) is 5.95 Å². The molecule has 0 aliphatic rings. The summed E-state index contributed by atoms with van der Waals surface area (Å²) in [5, 5.41) is 15.6. The molecule has 0 radical (unpaired) electrons. The van der Waals surface area contributed by atoms with Crippen LogP contribution in [0, 0.1) is 10.1 Å². The Balaban J connectivity index is 1.68. The molecule has 2 aromatic heterocycles. The molecule has 0 fully saturated rings. The van der Waals surface area contributed by atoms with Gasteiger partial charge in [0.05, 0.1) is 6.54 Å². The number of nitrogens with zero attached hydrogens (tertiary/aromatic N) is 4. The van der Waals surface area contributed by atoms with E-state index in [0.29, 0.717) is 13.1 Å². The van der Waals surface area contributed by atoms with E-state index in [1.165, 1.54) is 17.0 Å². The Morgan fingerprint density at radius 2 is 1.70 bits per heavy atom. The summed E-state index contributed by atoms with van der Waals surface area (Å²) >= 11 is 0. The van der Waals surface area contributed by atoms with Crippen molar-refractivity contribution in [2.24, 2.45) is 0 Å². The summed E-state index contributed by atoms with van der Waals surface area (Å²) in [5.41, 5.74) is 0. The van der Waals surface area contributed by atoms with Crippen molar-refractivity contribution in [3.8, 4) is 0 Å². The standard InChI is InChI=1S/C13H16N6O4/c20-11(14-3-8-17-6-1-2-7-17)12(21)15-4-9-18-10-5-16-13(18)19(22)23/h1-2,5-7,10H,3-4,8-9H2,(H,14,20)(H,15,21). The molecule has 0 aliphatic heterocycles. The minimum atomic E-state index is -0.778. The van der Waals surface area contributed by atoms with Crippen LogP contribution < -0.4 is 10.6 Å². The first-order valence-corrected chi connectivity index (χ1v) is 6.90. The maximum absolute atomic E-state index is 11.6. The van der Waals surface area contributed by atoms with Crippen LogP contribution in [0.5, 0.6) is 0 Å². The first-order valence-electron chi connectivity index (χ1n) is 6.90. The maximum atomic E-state index is 11.6. The van der Waals surface area contributed by atoms with Gasteiger partial charge < -0.3 is 25.3 Å². The normalized spacial score (nSPS) is 10.3. The molecule has 10 nitrogen and oxygen atoms in total. The second kappa shape index (κ2) is 7.73. The van der Waals surface area contributed by atoms with Crippen LogP contribution in [0.2, 0.25) is 0 Å². The first-order chi connectivity index (χ1) is 11.1. The molecule has 2 N–H and O–H groups in total. The van der Waals surface area contributed by atoms with Gasteiger partial charge in [0.15, 0.2) is 0 Å². The lowest BCUT2D eigenvalue weighted by Crippen LogP contribution is -2.42. The molecule has 0 saturated carbocycles. The summed E-state index contributed by atoms with van der Waals surface area (Å²) in [7, 11) is 0. The minimum absolute atomic E-state index is 0.0844. The molecule has 0 atom stereocenters. The third-order valence-electron chi connectivity index (χ3n) is 3.02. The monoisotopic (exact) mass is 320 g/mol. The van der Waals surface area contributed by atoms with E-state index in [-0.39, 0.29) is 19.0 Å². The van der Waals surface area contributed by atoms with Crippen molar-refractivity contribution < 1.29 is 14.5 Å². The summed E-state index contributed by atoms with van der Waals surface area (Å²) < 4.78 is 3.15. The molecule has 0 bridgehead atoms. The topological polar surface area (TPSA) is 124 Å². The summed E-state index contributed by atoms with van der Waals surface area (Å²) in [6.45, 7) is 1.13. The molecule has 2 aromatic rings. The predicted octanol–water partition coefficient (Wildman–Crippen LogP) is -0.475. The fraction of sp³-hybridized carbons (Fsp3) is 0.308. The van der Waals surface area contributed by atoms with Gasteiger partial charge in [-0.2, -0.15) is 0 Å². The Morgan fingerprint density at radius 1 is 1.09 bits per heavy atom. The summed E-state index contributed by atoms with van der Waals surface area (Å²) in [6.07, 6.45) is 6.43. The number of carbonyl (C=O) groups excluding carboxylic acids is 2. The third-order valence-corrected chi connectivity index (χ3v) is 3.02. The Kier molecular flexibility index (Phi) is 5.45. The van der Waals surface area contributed by atoms with Gasteiger partial charge in [-0.3, -0.25) is 9.59 Å². The van der Waals surface area contributed by atoms with Crippen molar-refractivity contribution in [2.45, 2.75) is 13.1 Å². The number of rotatable bonds is 7. The van der Waals surface area contributed by atoms with Crippen LogP contribution in [0.15, 0.2) is 36.9 Å². The van der Waals surface area contributed by atoms with Gasteiger partial charge in [-0.15, -0.1) is 0 Å². The molecular formula is C13H16N6O4. The lowest BCUT2D eigenvalue weighted by molar-refractivity contribution is -0.396. The molecule has 2 amide bonds. The van der Waals surface area contributed by atoms with Crippen molar-refractivity contribution in [3.63, 3.8) is 0 Å². The average Bonchev–Trinajstić information content (AvgIpc) is 3.18. The lowest BCUT2D eigenvalue weighted by atomic mass is 10.5. The van der Waals surface area contributed by atoms with Gasteiger partial charge in [-0.05, 0) is 17.1 Å². The smallest absolute Gasteiger partial charge is 0.390 e. The van der Waals surface area contributed by atoms with Gasteiger partial charge in [0.25, 0.3) is 0 Å². The van der Waals surface area contributed by atoms with E-state index in [4.69, 9.17) is 0 Å². The molecule has 0 aliphatic carbocycles. The fourth-order valence-corrected chi connectivity index (χ4v) is 1.92. The highest BCUT2D eigenvalue weighted by Crippen LogP contribution is 2.05. The number of nitrogens with one attached hydrogen (secondary N) is 2. The van der Waals surface area contributed by atoms with Crippen LogP contribution in [0.25, 0.3) is 0 Å². The first kappa shape index (κ1) is 16.2. The molecule has 2 rings (SSSR count). The highest BCUT2D eigenvalue weighted by Gasteiger charge is 2.15. The summed E-state index contributed by atoms with van der Waals surface area (Å²) in [6, 6.07) is 3.73. The number of amides is 2. The third kappa shape index (κ3) is 4.66. The predicted molar refractivity (Wildman–Crippen MR) is 79.3 cm³/mol. The van der Waals surface area contributed by atoms with Crippen molar-refractivity contribution >= 4 is 17.8 Å². The van der Waals surface area contributed by atoms with Crippen molar-refractivity contribution in [2.75, 3.05) is 13.1 Å². The number of nitro groups is 1. The van der Waals surface area contributed by atoms with Crippen LogP contribution in [-0.2, 0) is 22.7 Å². The van der Waals surface area contributed by atoms with Gasteiger partial charge in [0, 0.05) is 32.0 Å². The van der Waals surface area contributed by atoms with Gasteiger partial charge in [0.2, 0.25) is 0 Å². The number of hydrogen-bond donors (Lipinski definition) is 2. The molecule has 2 heterocycles. The largest absolute Gasteiger partial charge is 0.434 e. The summed E-state index contributed by atoms with van der Waals surface area (Å²) in [4.78, 5) is 36.8. The van der Waals surface area contributed by atoms with E-state index in [9.17, 15) is 19.7 Å². The minimum Gasteiger partial charge on any atom is -0.390 e. The Bertz CT molecular complexity index is 678. The van der Waals surface area contributed by atoms with Crippen molar-refractivity contribution in [3.05, 3.63) is 47.0 Å². The number of aromatic nitrogens is 3. The second-order valence-electron chi connectivity index (χ2n) is 4.61. The number of carbonyl (C=O) groups is 2. The fourth-order valence-electron chi connectivity index (χ4n) is 1.92. The van der Waals surface area contributed by atoms with Crippen molar-refractivity contribution in [1.29, 1.82) is 0 Å². The highest BCUT2D eigenvalue weighted by molar-refractivity contribution is 6.35. The second-order valence-corrected chi connectivity index (χ2v) is 4.61. The molecule has 0 spiro atoms. The Morgan fingerprint density at radius 3 is 2.30 bits per heavy atom. The van der Waals surface area contributed by atoms with E-state index in [2.05, 4.69) is 15.6 Å². The molecule has 0 unspecified atom stereocenters. The van der Waals surface area contributed by atoms with Crippen LogP contribution in [0.3, 0.4) is 0 Å². The van der Waals surface area contributed by atoms with Crippen LogP contribution in [0.1, 0.15) is 0 Å². The van der Waals surface area contributed by atoms with Gasteiger partial charge in [-0.1, -0.05) is 4.98 Å². The van der Waals surface area contributed by atoms with E-state index in [0.717, 1.165) is 0 Å². The van der Waals surface area contributed by atoms with Crippen LogP contribution >= 0.6 is 0 Å². The number of hydrogen-bond acceptors (Lipinski definition) is 5. The molecule has 23 heavy (non-hydrogen) atoms. The zero-order chi connectivity index (χ0) is 16.7. The summed E-state index contributed by atoms with van der Waals surface area (Å²) in [5.74, 6) is -1.83. The quantitative estimate of drug-likeness (QED) is 0.405. The van der Waals surface area contributed by atoms with Crippen LogP contribution in [-0.4, -0.2) is 43.9 Å². The SMILES string of the molecule is O=C(NCCn1cccc1)C(=O)NCCn1ccnc1[N+](=O)[O-]. The Labute approximate surface area is 131 Å². The maximum Gasteiger partial charge on any atom is 0.434 e. The van der Waals surface area contributed by atoms with Gasteiger partial charge >= 0.3 is 17.8 Å². The molecular weight excluding hydrogens is 304 g/mol. The van der Waals surface area contributed by atoms with Gasteiger partial charge in [-0.25, -0.2) is 4.57 Å².